The lowest BCUT2D eigenvalue weighted by Gasteiger charge is -2.20. The van der Waals surface area contributed by atoms with Gasteiger partial charge in [-0.25, -0.2) is 9.07 Å². The Morgan fingerprint density at radius 1 is 1.32 bits per heavy atom. The second-order valence-corrected chi connectivity index (χ2v) is 6.24. The van der Waals surface area contributed by atoms with Crippen LogP contribution in [0.5, 0.6) is 0 Å². The quantitative estimate of drug-likeness (QED) is 0.787. The molecule has 8 heteroatoms. The number of nitrogens with one attached hydrogen (secondary N) is 1. The Morgan fingerprint density at radius 3 is 2.72 bits per heavy atom. The first kappa shape index (κ1) is 16.8. The van der Waals surface area contributed by atoms with E-state index in [1.165, 1.54) is 17.7 Å². The van der Waals surface area contributed by atoms with E-state index in [9.17, 15) is 9.18 Å². The van der Waals surface area contributed by atoms with Crippen LogP contribution in [0.4, 0.5) is 4.39 Å². The first-order valence-corrected chi connectivity index (χ1v) is 7.72. The number of benzene rings is 1. The predicted octanol–water partition coefficient (Wildman–Crippen LogP) is 2.74. The lowest BCUT2D eigenvalue weighted by molar-refractivity contribution is -0.120. The number of carbonyl (C=O) groups excluding carboxylic acids is 1. The number of nitrogens with zero attached hydrogens (tertiary/aromatic N) is 4. The third kappa shape index (κ3) is 3.15. The van der Waals surface area contributed by atoms with Crippen LogP contribution in [-0.2, 0) is 10.3 Å². The van der Waals surface area contributed by atoms with Gasteiger partial charge in [-0.3, -0.25) is 4.79 Å². The van der Waals surface area contributed by atoms with Crippen LogP contribution in [0.15, 0.2) is 35.0 Å². The topological polar surface area (TPSA) is 85.8 Å². The summed E-state index contributed by atoms with van der Waals surface area (Å²) < 4.78 is 20.8. The van der Waals surface area contributed by atoms with Gasteiger partial charge in [0, 0.05) is 6.92 Å². The van der Waals surface area contributed by atoms with Gasteiger partial charge in [-0.1, -0.05) is 17.3 Å². The molecule has 0 fully saturated rings. The average Bonchev–Trinajstić information content (AvgIpc) is 3.14. The van der Waals surface area contributed by atoms with Crippen LogP contribution in [0, 0.1) is 12.7 Å². The lowest BCUT2D eigenvalue weighted by Crippen LogP contribution is -2.40. The van der Waals surface area contributed by atoms with E-state index in [4.69, 9.17) is 4.52 Å². The molecule has 0 bridgehead atoms. The first-order chi connectivity index (χ1) is 11.8. The van der Waals surface area contributed by atoms with E-state index in [1.54, 1.807) is 45.2 Å². The molecule has 3 aromatic rings. The highest BCUT2D eigenvalue weighted by Gasteiger charge is 2.28. The van der Waals surface area contributed by atoms with Crippen LogP contribution < -0.4 is 5.32 Å². The van der Waals surface area contributed by atoms with Crippen LogP contribution >= 0.6 is 0 Å². The van der Waals surface area contributed by atoms with E-state index in [1.807, 2.05) is 0 Å². The normalized spacial score (nSPS) is 11.6. The predicted molar refractivity (Wildman–Crippen MR) is 88.4 cm³/mol. The van der Waals surface area contributed by atoms with Crippen LogP contribution in [0.3, 0.4) is 0 Å². The fourth-order valence-corrected chi connectivity index (χ4v) is 2.57. The summed E-state index contributed by atoms with van der Waals surface area (Å²) in [5.41, 5.74) is 0.825. The number of aromatic nitrogens is 4. The summed E-state index contributed by atoms with van der Waals surface area (Å²) in [5, 5.41) is 10.9. The summed E-state index contributed by atoms with van der Waals surface area (Å²) in [4.78, 5) is 15.7. The summed E-state index contributed by atoms with van der Waals surface area (Å²) in [6, 6.07) is 6.36. The molecule has 130 valence electrons. The summed E-state index contributed by atoms with van der Waals surface area (Å²) in [6.07, 6.45) is 1.55. The van der Waals surface area contributed by atoms with E-state index in [0.29, 0.717) is 22.8 Å². The average molecular weight is 343 g/mol. The molecule has 0 saturated heterocycles. The van der Waals surface area contributed by atoms with E-state index in [2.05, 4.69) is 20.6 Å². The Labute approximate surface area is 143 Å². The van der Waals surface area contributed by atoms with Crippen LogP contribution in [0.1, 0.15) is 32.3 Å². The van der Waals surface area contributed by atoms with Crippen molar-refractivity contribution in [2.24, 2.45) is 0 Å². The number of hydrogen-bond acceptors (Lipinski definition) is 5. The van der Waals surface area contributed by atoms with Gasteiger partial charge in [-0.2, -0.15) is 10.1 Å². The molecular formula is C17H18FN5O2. The molecule has 0 aliphatic carbocycles. The number of hydrogen-bond donors (Lipinski definition) is 1. The monoisotopic (exact) mass is 343 g/mol. The van der Waals surface area contributed by atoms with E-state index >= 15 is 0 Å². The third-order valence-electron chi connectivity index (χ3n) is 3.79. The lowest BCUT2D eigenvalue weighted by atomic mass is 10.1. The summed E-state index contributed by atoms with van der Waals surface area (Å²) >= 11 is 0. The zero-order valence-electron chi connectivity index (χ0n) is 14.4. The molecule has 2 aromatic heterocycles. The highest BCUT2D eigenvalue weighted by atomic mass is 19.1. The summed E-state index contributed by atoms with van der Waals surface area (Å²) in [7, 11) is 0. The van der Waals surface area contributed by atoms with Crippen molar-refractivity contribution in [2.45, 2.75) is 33.2 Å². The van der Waals surface area contributed by atoms with Gasteiger partial charge >= 0.3 is 0 Å². The molecule has 25 heavy (non-hydrogen) atoms. The van der Waals surface area contributed by atoms with Gasteiger partial charge in [0.25, 0.3) is 5.89 Å². The van der Waals surface area contributed by atoms with Crippen molar-refractivity contribution in [1.29, 1.82) is 0 Å². The highest BCUT2D eigenvalue weighted by molar-refractivity contribution is 5.73. The molecule has 2 heterocycles. The van der Waals surface area contributed by atoms with Crippen LogP contribution in [0.2, 0.25) is 0 Å². The van der Waals surface area contributed by atoms with Crippen molar-refractivity contribution in [3.8, 4) is 17.1 Å². The van der Waals surface area contributed by atoms with Gasteiger partial charge in [-0.05, 0) is 32.9 Å². The highest BCUT2D eigenvalue weighted by Crippen LogP contribution is 2.26. The molecule has 0 radical (unpaired) electrons. The largest absolute Gasteiger partial charge is 0.344 e. The molecule has 0 spiro atoms. The zero-order valence-corrected chi connectivity index (χ0v) is 14.4. The van der Waals surface area contributed by atoms with Gasteiger partial charge < -0.3 is 9.84 Å². The number of carbonyl (C=O) groups is 1. The fourth-order valence-electron chi connectivity index (χ4n) is 2.57. The fraction of sp³-hybridized carbons (Fsp3) is 0.294. The molecule has 1 N–H and O–H groups in total. The SMILES string of the molecule is CC(=O)NC(C)(C)c1noc(-c2cnn(-c3ccccc3F)c2C)n1. The van der Waals surface area contributed by atoms with Crippen molar-refractivity contribution in [3.05, 3.63) is 47.8 Å². The van der Waals surface area contributed by atoms with E-state index in [-0.39, 0.29) is 17.6 Å². The van der Waals surface area contributed by atoms with Crippen molar-refractivity contribution in [3.63, 3.8) is 0 Å². The Morgan fingerprint density at radius 2 is 2.04 bits per heavy atom. The molecule has 0 aliphatic heterocycles. The van der Waals surface area contributed by atoms with Crippen LogP contribution in [-0.4, -0.2) is 25.8 Å². The van der Waals surface area contributed by atoms with Crippen molar-refractivity contribution in [1.82, 2.24) is 25.2 Å². The van der Waals surface area contributed by atoms with Crippen molar-refractivity contribution in [2.75, 3.05) is 0 Å². The van der Waals surface area contributed by atoms with Gasteiger partial charge in [0.05, 0.1) is 23.0 Å². The molecule has 0 aliphatic rings. The number of para-hydroxylation sites is 1. The molecule has 1 aromatic carbocycles. The van der Waals surface area contributed by atoms with Gasteiger partial charge in [-0.15, -0.1) is 0 Å². The van der Waals surface area contributed by atoms with Gasteiger partial charge in [0.1, 0.15) is 11.5 Å². The molecule has 1 amide bonds. The number of rotatable bonds is 4. The number of halogens is 1. The minimum absolute atomic E-state index is 0.195. The summed E-state index contributed by atoms with van der Waals surface area (Å²) in [6.45, 7) is 6.76. The Balaban J connectivity index is 1.97. The minimum Gasteiger partial charge on any atom is -0.344 e. The second-order valence-electron chi connectivity index (χ2n) is 6.24. The Bertz CT molecular complexity index is 929. The van der Waals surface area contributed by atoms with E-state index in [0.717, 1.165) is 0 Å². The molecule has 7 nitrogen and oxygen atoms in total. The maximum absolute atomic E-state index is 14.0. The number of amides is 1. The maximum atomic E-state index is 14.0. The van der Waals surface area contributed by atoms with Crippen LogP contribution in [0.25, 0.3) is 17.1 Å². The Hall–Kier alpha value is -3.03. The first-order valence-electron chi connectivity index (χ1n) is 7.72. The van der Waals surface area contributed by atoms with Crippen molar-refractivity contribution < 1.29 is 13.7 Å². The maximum Gasteiger partial charge on any atom is 0.261 e. The smallest absolute Gasteiger partial charge is 0.261 e. The summed E-state index contributed by atoms with van der Waals surface area (Å²) in [5.74, 6) is 0.0300. The standard InChI is InChI=1S/C17H18FN5O2/c1-10-12(9-19-23(10)14-8-6-5-7-13(14)18)15-20-16(22-25-15)17(3,4)21-11(2)24/h5-9H,1-4H3,(H,21,24). The molecule has 0 saturated carbocycles. The molecular weight excluding hydrogens is 325 g/mol. The third-order valence-corrected chi connectivity index (χ3v) is 3.79. The molecule has 0 atom stereocenters. The van der Waals surface area contributed by atoms with E-state index < -0.39 is 5.54 Å². The molecule has 0 unspecified atom stereocenters. The van der Waals surface area contributed by atoms with Gasteiger partial charge in [0.2, 0.25) is 5.91 Å². The Kier molecular flexibility index (Phi) is 4.12. The molecule has 3 rings (SSSR count). The van der Waals surface area contributed by atoms with Gasteiger partial charge in [0.15, 0.2) is 5.82 Å². The minimum atomic E-state index is -0.775. The second kappa shape index (κ2) is 6.12. The van der Waals surface area contributed by atoms with Crippen molar-refractivity contribution >= 4 is 5.91 Å². The zero-order chi connectivity index (χ0) is 18.2.